The van der Waals surface area contributed by atoms with E-state index >= 15 is 0 Å². The van der Waals surface area contributed by atoms with Gasteiger partial charge in [-0.15, -0.1) is 12.4 Å². The van der Waals surface area contributed by atoms with Gasteiger partial charge in [0.25, 0.3) is 0 Å². The average molecular weight is 365 g/mol. The fourth-order valence-corrected chi connectivity index (χ4v) is 2.26. The molecule has 1 aliphatic rings. The van der Waals surface area contributed by atoms with Gasteiger partial charge in [-0.25, -0.2) is 4.79 Å². The Bertz CT molecular complexity index is 419. The van der Waals surface area contributed by atoms with E-state index in [1.165, 1.54) is 0 Å². The lowest BCUT2D eigenvalue weighted by Gasteiger charge is -2.28. The normalized spacial score (nSPS) is 16.3. The molecule has 1 aliphatic heterocycles. The Kier molecular flexibility index (Phi) is 7.34. The molecular formula is C14H19BrClNO3. The van der Waals surface area contributed by atoms with E-state index in [2.05, 4.69) is 27.9 Å². The highest BCUT2D eigenvalue weighted by atomic mass is 79.9. The maximum Gasteiger partial charge on any atom is 0.344 e. The second-order valence-corrected chi connectivity index (χ2v) is 5.65. The number of hydrogen-bond acceptors (Lipinski definition) is 4. The van der Waals surface area contributed by atoms with Gasteiger partial charge in [0.05, 0.1) is 0 Å². The SMILES string of the molecule is CN1CCC(OC(=O)COc2ccc(Br)cc2)CC1.Cl. The minimum Gasteiger partial charge on any atom is -0.482 e. The quantitative estimate of drug-likeness (QED) is 0.770. The maximum absolute atomic E-state index is 11.7. The first-order valence-electron chi connectivity index (χ1n) is 6.40. The maximum atomic E-state index is 11.7. The van der Waals surface area contributed by atoms with Crippen molar-refractivity contribution in [2.75, 3.05) is 26.7 Å². The van der Waals surface area contributed by atoms with Gasteiger partial charge < -0.3 is 14.4 Å². The molecule has 0 radical (unpaired) electrons. The first-order chi connectivity index (χ1) is 9.13. The van der Waals surface area contributed by atoms with Crippen molar-refractivity contribution in [1.29, 1.82) is 0 Å². The van der Waals surface area contributed by atoms with Crippen LogP contribution in [0.2, 0.25) is 0 Å². The zero-order valence-electron chi connectivity index (χ0n) is 11.4. The highest BCUT2D eigenvalue weighted by Gasteiger charge is 2.20. The number of esters is 1. The van der Waals surface area contributed by atoms with E-state index in [-0.39, 0.29) is 31.1 Å². The van der Waals surface area contributed by atoms with Crippen molar-refractivity contribution < 1.29 is 14.3 Å². The van der Waals surface area contributed by atoms with Crippen LogP contribution >= 0.6 is 28.3 Å². The second kappa shape index (κ2) is 8.49. The number of hydrogen-bond donors (Lipinski definition) is 0. The molecule has 0 aromatic heterocycles. The van der Waals surface area contributed by atoms with E-state index in [4.69, 9.17) is 9.47 Å². The summed E-state index contributed by atoms with van der Waals surface area (Å²) in [6.07, 6.45) is 1.85. The molecule has 1 aromatic carbocycles. The highest BCUT2D eigenvalue weighted by Crippen LogP contribution is 2.16. The summed E-state index contributed by atoms with van der Waals surface area (Å²) in [4.78, 5) is 13.9. The molecular weight excluding hydrogens is 346 g/mol. The van der Waals surface area contributed by atoms with Crippen molar-refractivity contribution in [2.45, 2.75) is 18.9 Å². The Morgan fingerprint density at radius 1 is 1.30 bits per heavy atom. The van der Waals surface area contributed by atoms with Gasteiger partial charge in [-0.05, 0) is 44.2 Å². The number of piperidine rings is 1. The van der Waals surface area contributed by atoms with Crippen LogP contribution in [0.3, 0.4) is 0 Å². The van der Waals surface area contributed by atoms with Crippen LogP contribution in [0.4, 0.5) is 0 Å². The van der Waals surface area contributed by atoms with Crippen LogP contribution < -0.4 is 4.74 Å². The number of benzene rings is 1. The molecule has 0 unspecified atom stereocenters. The molecule has 1 aromatic rings. The summed E-state index contributed by atoms with van der Waals surface area (Å²) in [6, 6.07) is 7.37. The lowest BCUT2D eigenvalue weighted by Crippen LogP contribution is -2.36. The monoisotopic (exact) mass is 363 g/mol. The fraction of sp³-hybridized carbons (Fsp3) is 0.500. The summed E-state index contributed by atoms with van der Waals surface area (Å²) >= 11 is 3.34. The Labute approximate surface area is 134 Å². The van der Waals surface area contributed by atoms with E-state index in [1.54, 1.807) is 0 Å². The van der Waals surface area contributed by atoms with Crippen LogP contribution in [0.15, 0.2) is 28.7 Å². The Morgan fingerprint density at radius 3 is 2.50 bits per heavy atom. The molecule has 0 atom stereocenters. The molecule has 20 heavy (non-hydrogen) atoms. The van der Waals surface area contributed by atoms with E-state index in [9.17, 15) is 4.79 Å². The fourth-order valence-electron chi connectivity index (χ4n) is 2.00. The number of halogens is 2. The number of nitrogens with zero attached hydrogens (tertiary/aromatic N) is 1. The molecule has 1 heterocycles. The third kappa shape index (κ3) is 5.69. The van der Waals surface area contributed by atoms with Gasteiger partial charge in [0.2, 0.25) is 0 Å². The number of carbonyl (C=O) groups is 1. The van der Waals surface area contributed by atoms with Gasteiger partial charge in [0.15, 0.2) is 6.61 Å². The van der Waals surface area contributed by atoms with Crippen LogP contribution in [-0.4, -0.2) is 43.7 Å². The van der Waals surface area contributed by atoms with Crippen LogP contribution in [0.25, 0.3) is 0 Å². The van der Waals surface area contributed by atoms with Crippen molar-refractivity contribution in [2.24, 2.45) is 0 Å². The van der Waals surface area contributed by atoms with Gasteiger partial charge in [-0.2, -0.15) is 0 Å². The van der Waals surface area contributed by atoms with Crippen molar-refractivity contribution in [3.05, 3.63) is 28.7 Å². The van der Waals surface area contributed by atoms with Crippen LogP contribution in [0.1, 0.15) is 12.8 Å². The summed E-state index contributed by atoms with van der Waals surface area (Å²) in [7, 11) is 2.08. The van der Waals surface area contributed by atoms with E-state index in [1.807, 2.05) is 24.3 Å². The van der Waals surface area contributed by atoms with E-state index < -0.39 is 0 Å². The average Bonchev–Trinajstić information content (AvgIpc) is 2.41. The summed E-state index contributed by atoms with van der Waals surface area (Å²) in [5, 5.41) is 0. The van der Waals surface area contributed by atoms with Gasteiger partial charge in [-0.1, -0.05) is 15.9 Å². The standard InChI is InChI=1S/C14H18BrNO3.ClH/c1-16-8-6-13(7-9-16)19-14(17)10-18-12-4-2-11(15)3-5-12;/h2-5,13H,6-10H2,1H3;1H. The van der Waals surface area contributed by atoms with Gasteiger partial charge in [0, 0.05) is 17.6 Å². The van der Waals surface area contributed by atoms with E-state index in [0.29, 0.717) is 5.75 Å². The van der Waals surface area contributed by atoms with Crippen molar-refractivity contribution in [1.82, 2.24) is 4.90 Å². The number of likely N-dealkylation sites (tertiary alicyclic amines) is 1. The first-order valence-corrected chi connectivity index (χ1v) is 7.19. The minimum absolute atomic E-state index is 0. The molecule has 6 heteroatoms. The van der Waals surface area contributed by atoms with Gasteiger partial charge >= 0.3 is 5.97 Å². The predicted molar refractivity (Wildman–Crippen MR) is 83.5 cm³/mol. The van der Waals surface area contributed by atoms with Gasteiger partial charge in [0.1, 0.15) is 11.9 Å². The van der Waals surface area contributed by atoms with Crippen LogP contribution in [-0.2, 0) is 9.53 Å². The molecule has 2 rings (SSSR count). The summed E-state index contributed by atoms with van der Waals surface area (Å²) in [5.74, 6) is 0.376. The predicted octanol–water partition coefficient (Wildman–Crippen LogP) is 2.89. The first kappa shape index (κ1) is 17.3. The molecule has 1 fully saturated rings. The zero-order valence-corrected chi connectivity index (χ0v) is 13.8. The molecule has 112 valence electrons. The number of rotatable bonds is 4. The minimum atomic E-state index is -0.294. The third-order valence-electron chi connectivity index (χ3n) is 3.13. The zero-order chi connectivity index (χ0) is 13.7. The van der Waals surface area contributed by atoms with Crippen molar-refractivity contribution in [3.63, 3.8) is 0 Å². The molecule has 0 amide bonds. The largest absolute Gasteiger partial charge is 0.482 e. The summed E-state index contributed by atoms with van der Waals surface area (Å²) < 4.78 is 11.7. The molecule has 0 bridgehead atoms. The second-order valence-electron chi connectivity index (χ2n) is 4.74. The van der Waals surface area contributed by atoms with Crippen molar-refractivity contribution >= 4 is 34.3 Å². The Balaban J connectivity index is 0.00000200. The Morgan fingerprint density at radius 2 is 1.90 bits per heavy atom. The molecule has 0 spiro atoms. The Hall–Kier alpha value is -0.780. The van der Waals surface area contributed by atoms with Gasteiger partial charge in [-0.3, -0.25) is 0 Å². The highest BCUT2D eigenvalue weighted by molar-refractivity contribution is 9.10. The van der Waals surface area contributed by atoms with E-state index in [0.717, 1.165) is 30.4 Å². The summed E-state index contributed by atoms with van der Waals surface area (Å²) in [6.45, 7) is 1.92. The third-order valence-corrected chi connectivity index (χ3v) is 3.66. The number of ether oxygens (including phenoxy) is 2. The van der Waals surface area contributed by atoms with Crippen LogP contribution in [0, 0.1) is 0 Å². The molecule has 0 N–H and O–H groups in total. The van der Waals surface area contributed by atoms with Crippen molar-refractivity contribution in [3.8, 4) is 5.75 Å². The summed E-state index contributed by atoms with van der Waals surface area (Å²) in [5.41, 5.74) is 0. The topological polar surface area (TPSA) is 38.8 Å². The molecule has 4 nitrogen and oxygen atoms in total. The lowest BCUT2D eigenvalue weighted by molar-refractivity contribution is -0.153. The molecule has 0 saturated carbocycles. The lowest BCUT2D eigenvalue weighted by atomic mass is 10.1. The van der Waals surface area contributed by atoms with Crippen LogP contribution in [0.5, 0.6) is 5.75 Å². The molecule has 1 saturated heterocycles. The number of carbonyl (C=O) groups excluding carboxylic acids is 1. The molecule has 0 aliphatic carbocycles. The smallest absolute Gasteiger partial charge is 0.344 e.